The number of hydrogen-bond donors (Lipinski definition) is 1. The molecule has 1 N–H and O–H groups in total. The van der Waals surface area contributed by atoms with Gasteiger partial charge in [0.25, 0.3) is 0 Å². The van der Waals surface area contributed by atoms with Crippen LogP contribution in [0.25, 0.3) is 0 Å². The number of benzene rings is 1. The summed E-state index contributed by atoms with van der Waals surface area (Å²) >= 11 is 14.6. The molecule has 0 aliphatic heterocycles. The molecule has 1 aromatic heterocycles. The topological polar surface area (TPSA) is 29.9 Å². The molecule has 0 radical (unpaired) electrons. The molecule has 6 heteroatoms. The van der Waals surface area contributed by atoms with E-state index in [2.05, 4.69) is 33.0 Å². The third kappa shape index (κ3) is 2.66. The largest absolute Gasteiger partial charge is 0.308 e. The van der Waals surface area contributed by atoms with Gasteiger partial charge in [-0.05, 0) is 53.4 Å². The summed E-state index contributed by atoms with van der Waals surface area (Å²) in [6.45, 7) is 0. The van der Waals surface area contributed by atoms with E-state index in [0.29, 0.717) is 10.0 Å². The first-order valence-electron chi connectivity index (χ1n) is 5.34. The summed E-state index contributed by atoms with van der Waals surface area (Å²) in [5.74, 6) is 0. The minimum Gasteiger partial charge on any atom is -0.308 e. The molecule has 0 saturated heterocycles. The molecule has 2 aromatic rings. The van der Waals surface area contributed by atoms with Crippen molar-refractivity contribution in [2.24, 2.45) is 7.05 Å². The van der Waals surface area contributed by atoms with Gasteiger partial charge in [-0.2, -0.15) is 5.10 Å². The van der Waals surface area contributed by atoms with Gasteiger partial charge in [-0.25, -0.2) is 0 Å². The fraction of sp³-hybridized carbons (Fsp3) is 0.250. The predicted molar refractivity (Wildman–Crippen MR) is 83.3 cm³/mol. The van der Waals surface area contributed by atoms with Gasteiger partial charge in [0, 0.05) is 15.6 Å². The van der Waals surface area contributed by atoms with E-state index in [1.165, 1.54) is 0 Å². The molecule has 18 heavy (non-hydrogen) atoms. The Balaban J connectivity index is 2.55. The Bertz CT molecular complexity index is 549. The van der Waals surface area contributed by atoms with Crippen LogP contribution >= 0.6 is 45.8 Å². The van der Waals surface area contributed by atoms with E-state index in [0.717, 1.165) is 14.8 Å². The Kier molecular flexibility index (Phi) is 4.53. The van der Waals surface area contributed by atoms with Crippen molar-refractivity contribution < 1.29 is 0 Å². The third-order valence-corrected chi connectivity index (χ3v) is 4.28. The Morgan fingerprint density at radius 1 is 1.39 bits per heavy atom. The SMILES string of the molecule is CNC(c1cc(Cl)ccc1I)c1c(Cl)cnn1C. The summed E-state index contributed by atoms with van der Waals surface area (Å²) in [5.41, 5.74) is 2.02. The van der Waals surface area contributed by atoms with Crippen molar-refractivity contribution in [3.05, 3.63) is 49.3 Å². The van der Waals surface area contributed by atoms with E-state index in [1.54, 1.807) is 10.9 Å². The molecule has 1 aromatic carbocycles. The third-order valence-electron chi connectivity index (χ3n) is 2.77. The van der Waals surface area contributed by atoms with Crippen LogP contribution in [-0.4, -0.2) is 16.8 Å². The summed E-state index contributed by atoms with van der Waals surface area (Å²) in [6, 6.07) is 5.79. The molecule has 0 spiro atoms. The van der Waals surface area contributed by atoms with Gasteiger partial charge in [-0.15, -0.1) is 0 Å². The molecule has 96 valence electrons. The van der Waals surface area contributed by atoms with Gasteiger partial charge in [-0.1, -0.05) is 23.2 Å². The highest BCUT2D eigenvalue weighted by Gasteiger charge is 2.21. The highest BCUT2D eigenvalue weighted by molar-refractivity contribution is 14.1. The molecule has 0 aliphatic rings. The number of rotatable bonds is 3. The Labute approximate surface area is 130 Å². The van der Waals surface area contributed by atoms with Gasteiger partial charge in [-0.3, -0.25) is 4.68 Å². The van der Waals surface area contributed by atoms with Gasteiger partial charge >= 0.3 is 0 Å². The zero-order valence-electron chi connectivity index (χ0n) is 9.92. The summed E-state index contributed by atoms with van der Waals surface area (Å²) < 4.78 is 2.91. The number of nitrogens with zero attached hydrogens (tertiary/aromatic N) is 2. The molecule has 0 bridgehead atoms. The van der Waals surface area contributed by atoms with Crippen LogP contribution in [0, 0.1) is 3.57 Å². The Hall–Kier alpha value is -0.300. The second-order valence-corrected chi connectivity index (χ2v) is 5.89. The Morgan fingerprint density at radius 2 is 2.11 bits per heavy atom. The van der Waals surface area contributed by atoms with Crippen molar-refractivity contribution in [2.75, 3.05) is 7.05 Å². The second kappa shape index (κ2) is 5.77. The first kappa shape index (κ1) is 14.1. The van der Waals surface area contributed by atoms with E-state index in [9.17, 15) is 0 Å². The molecule has 0 amide bonds. The summed E-state index contributed by atoms with van der Waals surface area (Å²) in [5, 5.41) is 8.79. The van der Waals surface area contributed by atoms with Crippen LogP contribution in [0.15, 0.2) is 24.4 Å². The van der Waals surface area contributed by atoms with Crippen molar-refractivity contribution in [2.45, 2.75) is 6.04 Å². The van der Waals surface area contributed by atoms with Crippen LogP contribution in [0.3, 0.4) is 0 Å². The normalized spacial score (nSPS) is 12.7. The minimum atomic E-state index is -0.0319. The van der Waals surface area contributed by atoms with Crippen LogP contribution < -0.4 is 5.32 Å². The first-order chi connectivity index (χ1) is 8.54. The lowest BCUT2D eigenvalue weighted by Gasteiger charge is -2.19. The smallest absolute Gasteiger partial charge is 0.0837 e. The van der Waals surface area contributed by atoms with Crippen molar-refractivity contribution in [1.29, 1.82) is 0 Å². The van der Waals surface area contributed by atoms with E-state index >= 15 is 0 Å². The van der Waals surface area contributed by atoms with Gasteiger partial charge in [0.15, 0.2) is 0 Å². The lowest BCUT2D eigenvalue weighted by Crippen LogP contribution is -2.22. The van der Waals surface area contributed by atoms with E-state index in [1.807, 2.05) is 32.3 Å². The molecule has 3 nitrogen and oxygen atoms in total. The van der Waals surface area contributed by atoms with Crippen molar-refractivity contribution in [1.82, 2.24) is 15.1 Å². The number of aromatic nitrogens is 2. The first-order valence-corrected chi connectivity index (χ1v) is 7.17. The zero-order valence-corrected chi connectivity index (χ0v) is 13.6. The Morgan fingerprint density at radius 3 is 2.67 bits per heavy atom. The molecule has 0 aliphatic carbocycles. The molecule has 1 unspecified atom stereocenters. The van der Waals surface area contributed by atoms with Crippen molar-refractivity contribution in [3.63, 3.8) is 0 Å². The van der Waals surface area contributed by atoms with Crippen molar-refractivity contribution in [3.8, 4) is 0 Å². The number of hydrogen-bond acceptors (Lipinski definition) is 2. The van der Waals surface area contributed by atoms with E-state index in [-0.39, 0.29) is 6.04 Å². The average molecular weight is 396 g/mol. The minimum absolute atomic E-state index is 0.0319. The summed E-state index contributed by atoms with van der Waals surface area (Å²) in [7, 11) is 3.77. The highest BCUT2D eigenvalue weighted by Crippen LogP contribution is 2.31. The lowest BCUT2D eigenvalue weighted by atomic mass is 10.0. The van der Waals surface area contributed by atoms with Crippen LogP contribution in [0.4, 0.5) is 0 Å². The van der Waals surface area contributed by atoms with Crippen LogP contribution in [0.1, 0.15) is 17.3 Å². The van der Waals surface area contributed by atoms with E-state index < -0.39 is 0 Å². The molecule has 1 atom stereocenters. The fourth-order valence-electron chi connectivity index (χ4n) is 1.92. The maximum Gasteiger partial charge on any atom is 0.0837 e. The summed E-state index contributed by atoms with van der Waals surface area (Å²) in [4.78, 5) is 0. The predicted octanol–water partition coefficient (Wildman–Crippen LogP) is 3.64. The number of halogens is 3. The van der Waals surface area contributed by atoms with Crippen LogP contribution in [0.2, 0.25) is 10.0 Å². The molecular weight excluding hydrogens is 384 g/mol. The van der Waals surface area contributed by atoms with Crippen LogP contribution in [-0.2, 0) is 7.05 Å². The van der Waals surface area contributed by atoms with Crippen LogP contribution in [0.5, 0.6) is 0 Å². The lowest BCUT2D eigenvalue weighted by molar-refractivity contribution is 0.604. The van der Waals surface area contributed by atoms with Gasteiger partial charge < -0.3 is 5.32 Å². The monoisotopic (exact) mass is 395 g/mol. The highest BCUT2D eigenvalue weighted by atomic mass is 127. The maximum absolute atomic E-state index is 6.20. The fourth-order valence-corrected chi connectivity index (χ4v) is 3.02. The van der Waals surface area contributed by atoms with Gasteiger partial charge in [0.2, 0.25) is 0 Å². The molecular formula is C12H12Cl2IN3. The average Bonchev–Trinajstić information content (AvgIpc) is 2.66. The van der Waals surface area contributed by atoms with E-state index in [4.69, 9.17) is 23.2 Å². The van der Waals surface area contributed by atoms with Gasteiger partial charge in [0.05, 0.1) is 23.0 Å². The molecule has 2 rings (SSSR count). The number of aryl methyl sites for hydroxylation is 1. The van der Waals surface area contributed by atoms with Gasteiger partial charge in [0.1, 0.15) is 0 Å². The summed E-state index contributed by atoms with van der Waals surface area (Å²) in [6.07, 6.45) is 1.65. The standard InChI is InChI=1S/C12H12Cl2IN3/c1-16-11(12-9(14)6-17-18(12)2)8-5-7(13)3-4-10(8)15/h3-6,11,16H,1-2H3. The number of nitrogens with one attached hydrogen (secondary N) is 1. The zero-order chi connectivity index (χ0) is 13.3. The maximum atomic E-state index is 6.20. The molecule has 1 heterocycles. The molecule has 0 fully saturated rings. The molecule has 0 saturated carbocycles. The quantitative estimate of drug-likeness (QED) is 0.804. The van der Waals surface area contributed by atoms with Crippen molar-refractivity contribution >= 4 is 45.8 Å². The second-order valence-electron chi connectivity index (χ2n) is 3.89.